The summed E-state index contributed by atoms with van der Waals surface area (Å²) in [6, 6.07) is 3.41. The third-order valence-electron chi connectivity index (χ3n) is 4.14. The Labute approximate surface area is 142 Å². The van der Waals surface area contributed by atoms with Crippen LogP contribution in [0.1, 0.15) is 11.5 Å². The zero-order chi connectivity index (χ0) is 17.8. The van der Waals surface area contributed by atoms with Gasteiger partial charge in [0.15, 0.2) is 23.8 Å². The minimum atomic E-state index is -3.70. The molecular weight excluding hydrogens is 358 g/mol. The maximum absolute atomic E-state index is 13.8. The molecule has 4 rings (SSSR count). The molecule has 3 heterocycles. The van der Waals surface area contributed by atoms with E-state index < -0.39 is 33.9 Å². The Balaban J connectivity index is 1.54. The Morgan fingerprint density at radius 2 is 1.72 bits per heavy atom. The van der Waals surface area contributed by atoms with Crippen molar-refractivity contribution in [3.63, 3.8) is 0 Å². The first kappa shape index (κ1) is 16.3. The number of aromatic nitrogens is 1. The molecule has 25 heavy (non-hydrogen) atoms. The lowest BCUT2D eigenvalue weighted by Gasteiger charge is -2.28. The Morgan fingerprint density at radius 3 is 2.20 bits per heavy atom. The van der Waals surface area contributed by atoms with E-state index in [2.05, 4.69) is 5.16 Å². The molecule has 0 radical (unpaired) electrons. The summed E-state index contributed by atoms with van der Waals surface area (Å²) in [7, 11) is -3.70. The normalized spacial score (nSPS) is 22.8. The molecule has 2 aliphatic heterocycles. The number of ether oxygens (including phenoxy) is 2. The number of sulfonamides is 1. The van der Waals surface area contributed by atoms with E-state index in [1.54, 1.807) is 6.92 Å². The van der Waals surface area contributed by atoms with Gasteiger partial charge in [0.1, 0.15) is 17.2 Å². The highest BCUT2D eigenvalue weighted by Gasteiger charge is 2.45. The summed E-state index contributed by atoms with van der Waals surface area (Å²) in [4.78, 5) is 0. The van der Waals surface area contributed by atoms with E-state index in [0.29, 0.717) is 5.76 Å². The number of aryl methyl sites for hydroxylation is 1. The predicted molar refractivity (Wildman–Crippen MR) is 80.6 cm³/mol. The van der Waals surface area contributed by atoms with Gasteiger partial charge < -0.3 is 14.0 Å². The van der Waals surface area contributed by atoms with Gasteiger partial charge in [0.2, 0.25) is 21.5 Å². The minimum Gasteiger partial charge on any atom is -0.478 e. The lowest BCUT2D eigenvalue weighted by atomic mass is 10.2. The largest absolute Gasteiger partial charge is 0.478 e. The molecule has 10 heteroatoms. The first-order valence-corrected chi connectivity index (χ1v) is 9.16. The molecule has 0 bridgehead atoms. The van der Waals surface area contributed by atoms with Gasteiger partial charge in [0, 0.05) is 6.07 Å². The molecule has 2 aromatic rings. The van der Waals surface area contributed by atoms with E-state index in [0.717, 1.165) is 12.1 Å². The summed E-state index contributed by atoms with van der Waals surface area (Å²) in [6.07, 6.45) is -1.42. The molecule has 1 aromatic heterocycles. The lowest BCUT2D eigenvalue weighted by molar-refractivity contribution is 0.0467. The molecule has 2 atom stereocenters. The fraction of sp³-hybridized carbons (Fsp3) is 0.400. The van der Waals surface area contributed by atoms with Crippen LogP contribution in [0.3, 0.4) is 0 Å². The Morgan fingerprint density at radius 1 is 1.16 bits per heavy atom. The van der Waals surface area contributed by atoms with Gasteiger partial charge in [-0.25, -0.2) is 17.2 Å². The van der Waals surface area contributed by atoms with Crippen molar-refractivity contribution >= 4 is 10.0 Å². The lowest BCUT2D eigenvalue weighted by Crippen LogP contribution is -2.39. The zero-order valence-electron chi connectivity index (χ0n) is 13.1. The predicted octanol–water partition coefficient (Wildman–Crippen LogP) is 1.62. The van der Waals surface area contributed by atoms with Crippen molar-refractivity contribution in [1.29, 1.82) is 0 Å². The SMILES string of the molecule is Cc1cc(CS(=O)(=O)N2C[C@@H]3Oc4c(F)ccc(F)c4O[C@@H]3C2)no1. The van der Waals surface area contributed by atoms with Crippen LogP contribution in [0.5, 0.6) is 11.5 Å². The van der Waals surface area contributed by atoms with Crippen LogP contribution in [-0.4, -0.2) is 43.2 Å². The number of hydrogen-bond acceptors (Lipinski definition) is 6. The number of fused-ring (bicyclic) bond motifs is 2. The Bertz CT molecular complexity index is 891. The van der Waals surface area contributed by atoms with Gasteiger partial charge in [-0.2, -0.15) is 4.31 Å². The van der Waals surface area contributed by atoms with Crippen molar-refractivity contribution in [1.82, 2.24) is 9.46 Å². The van der Waals surface area contributed by atoms with Gasteiger partial charge in [0.05, 0.1) is 13.1 Å². The van der Waals surface area contributed by atoms with Gasteiger partial charge >= 0.3 is 0 Å². The average Bonchev–Trinajstić information content (AvgIpc) is 3.15. The molecule has 0 spiro atoms. The second-order valence-electron chi connectivity index (χ2n) is 6.00. The summed E-state index contributed by atoms with van der Waals surface area (Å²) < 4.78 is 69.7. The molecule has 0 amide bonds. The van der Waals surface area contributed by atoms with Crippen molar-refractivity contribution in [3.05, 3.63) is 41.3 Å². The van der Waals surface area contributed by atoms with Gasteiger partial charge in [-0.15, -0.1) is 0 Å². The third kappa shape index (κ3) is 2.85. The van der Waals surface area contributed by atoms with Gasteiger partial charge in [0.25, 0.3) is 0 Å². The molecule has 1 saturated heterocycles. The summed E-state index contributed by atoms with van der Waals surface area (Å²) in [6.45, 7) is 1.63. The molecular formula is C15H14F2N2O5S. The van der Waals surface area contributed by atoms with E-state index >= 15 is 0 Å². The maximum atomic E-state index is 13.8. The molecule has 7 nitrogen and oxygen atoms in total. The fourth-order valence-corrected chi connectivity index (χ4v) is 4.41. The summed E-state index contributed by atoms with van der Waals surface area (Å²) in [5.41, 5.74) is 0.287. The average molecular weight is 372 g/mol. The second-order valence-corrected chi connectivity index (χ2v) is 7.97. The number of nitrogens with zero attached hydrogens (tertiary/aromatic N) is 2. The van der Waals surface area contributed by atoms with Crippen LogP contribution in [0.2, 0.25) is 0 Å². The van der Waals surface area contributed by atoms with Crippen LogP contribution >= 0.6 is 0 Å². The smallest absolute Gasteiger partial charge is 0.220 e. The first-order valence-electron chi connectivity index (χ1n) is 7.55. The van der Waals surface area contributed by atoms with Crippen LogP contribution in [0.25, 0.3) is 0 Å². The van der Waals surface area contributed by atoms with Crippen LogP contribution in [0, 0.1) is 18.6 Å². The molecule has 0 unspecified atom stereocenters. The summed E-state index contributed by atoms with van der Waals surface area (Å²) >= 11 is 0. The van der Waals surface area contributed by atoms with Crippen molar-refractivity contribution < 1.29 is 31.2 Å². The summed E-state index contributed by atoms with van der Waals surface area (Å²) in [5.74, 6) is -1.99. The first-order chi connectivity index (χ1) is 11.8. The minimum absolute atomic E-state index is 0.0147. The highest BCUT2D eigenvalue weighted by atomic mass is 32.2. The van der Waals surface area contributed by atoms with Crippen molar-refractivity contribution in [2.24, 2.45) is 0 Å². The Kier molecular flexibility index (Phi) is 3.69. The van der Waals surface area contributed by atoms with Gasteiger partial charge in [-0.1, -0.05) is 5.16 Å². The van der Waals surface area contributed by atoms with Crippen LogP contribution in [0.4, 0.5) is 8.78 Å². The molecule has 1 aromatic carbocycles. The van der Waals surface area contributed by atoms with E-state index in [9.17, 15) is 17.2 Å². The van der Waals surface area contributed by atoms with Crippen LogP contribution in [0.15, 0.2) is 22.7 Å². The standard InChI is InChI=1S/C15H14F2N2O5S/c1-8-4-9(18-24-8)7-25(20,21)19-5-12-13(6-19)23-15-11(17)3-2-10(16)14(15)22-12/h2-4,12-13H,5-7H2,1H3/t12-,13+. The highest BCUT2D eigenvalue weighted by Crippen LogP contribution is 2.40. The van der Waals surface area contributed by atoms with E-state index in [4.69, 9.17) is 14.0 Å². The molecule has 0 aliphatic carbocycles. The van der Waals surface area contributed by atoms with Gasteiger partial charge in [-0.05, 0) is 19.1 Å². The highest BCUT2D eigenvalue weighted by molar-refractivity contribution is 7.88. The second kappa shape index (κ2) is 5.67. The third-order valence-corrected chi connectivity index (χ3v) is 5.88. The van der Waals surface area contributed by atoms with Crippen molar-refractivity contribution in [3.8, 4) is 11.5 Å². The van der Waals surface area contributed by atoms with Crippen LogP contribution in [-0.2, 0) is 15.8 Å². The molecule has 0 saturated carbocycles. The van der Waals surface area contributed by atoms with Crippen molar-refractivity contribution in [2.45, 2.75) is 24.9 Å². The van der Waals surface area contributed by atoms with Crippen LogP contribution < -0.4 is 9.47 Å². The van der Waals surface area contributed by atoms with E-state index in [-0.39, 0.29) is 36.0 Å². The molecule has 2 aliphatic rings. The van der Waals surface area contributed by atoms with E-state index in [1.807, 2.05) is 0 Å². The number of benzene rings is 1. The molecule has 1 fully saturated rings. The Hall–Kier alpha value is -2.20. The van der Waals surface area contributed by atoms with E-state index in [1.165, 1.54) is 10.4 Å². The number of rotatable bonds is 3. The quantitative estimate of drug-likeness (QED) is 0.814. The molecule has 134 valence electrons. The number of halogens is 2. The summed E-state index contributed by atoms with van der Waals surface area (Å²) in [5, 5.41) is 3.68. The van der Waals surface area contributed by atoms with Gasteiger partial charge in [-0.3, -0.25) is 0 Å². The fourth-order valence-electron chi connectivity index (χ4n) is 2.97. The van der Waals surface area contributed by atoms with Crippen molar-refractivity contribution in [2.75, 3.05) is 13.1 Å². The monoisotopic (exact) mass is 372 g/mol. The maximum Gasteiger partial charge on any atom is 0.220 e. The zero-order valence-corrected chi connectivity index (χ0v) is 13.9. The number of hydrogen-bond donors (Lipinski definition) is 0. The topological polar surface area (TPSA) is 81.9 Å². The molecule has 0 N–H and O–H groups in total.